The Morgan fingerprint density at radius 1 is 1.20 bits per heavy atom. The van der Waals surface area contributed by atoms with Crippen LogP contribution in [0.15, 0.2) is 36.5 Å². The van der Waals surface area contributed by atoms with Gasteiger partial charge in [-0.2, -0.15) is 5.10 Å². The highest BCUT2D eigenvalue weighted by Gasteiger charge is 2.27. The van der Waals surface area contributed by atoms with Crippen molar-refractivity contribution in [2.24, 2.45) is 0 Å². The Morgan fingerprint density at radius 3 is 2.85 bits per heavy atom. The summed E-state index contributed by atoms with van der Waals surface area (Å²) in [4.78, 5) is 9.23. The molecule has 0 spiro atoms. The first kappa shape index (κ1) is 11.4. The number of rotatable bonds is 3. The van der Waals surface area contributed by atoms with E-state index in [4.69, 9.17) is 0 Å². The molecular formula is C15H15N5. The van der Waals surface area contributed by atoms with E-state index in [2.05, 4.69) is 32.5 Å². The summed E-state index contributed by atoms with van der Waals surface area (Å²) in [5, 5.41) is 8.68. The number of benzene rings is 1. The van der Waals surface area contributed by atoms with Gasteiger partial charge in [0, 0.05) is 24.4 Å². The number of hydrogen-bond donors (Lipinski definition) is 1. The molecule has 1 saturated carbocycles. The lowest BCUT2D eigenvalue weighted by Crippen LogP contribution is -2.06. The van der Waals surface area contributed by atoms with Gasteiger partial charge in [0.2, 0.25) is 0 Å². The second kappa shape index (κ2) is 4.30. The van der Waals surface area contributed by atoms with Crippen LogP contribution >= 0.6 is 0 Å². The van der Waals surface area contributed by atoms with E-state index in [0.717, 1.165) is 28.4 Å². The largest absolute Gasteiger partial charge is 0.373 e. The van der Waals surface area contributed by atoms with Crippen molar-refractivity contribution in [2.75, 3.05) is 12.4 Å². The lowest BCUT2D eigenvalue weighted by atomic mass is 10.2. The predicted octanol–water partition coefficient (Wildman–Crippen LogP) is 2.73. The van der Waals surface area contributed by atoms with E-state index in [0.29, 0.717) is 5.92 Å². The van der Waals surface area contributed by atoms with Gasteiger partial charge in [0.1, 0.15) is 11.6 Å². The fourth-order valence-electron chi connectivity index (χ4n) is 2.37. The fraction of sp³-hybridized carbons (Fsp3) is 0.267. The number of fused-ring (bicyclic) bond motifs is 1. The zero-order valence-corrected chi connectivity index (χ0v) is 11.2. The molecule has 1 fully saturated rings. The number of para-hydroxylation sites is 1. The van der Waals surface area contributed by atoms with E-state index in [1.165, 1.54) is 12.8 Å². The first-order valence-electron chi connectivity index (χ1n) is 6.85. The molecule has 0 amide bonds. The quantitative estimate of drug-likeness (QED) is 0.791. The number of nitrogens with zero attached hydrogens (tertiary/aromatic N) is 4. The van der Waals surface area contributed by atoms with Gasteiger partial charge in [-0.05, 0) is 18.9 Å². The normalized spacial score (nSPS) is 14.7. The van der Waals surface area contributed by atoms with Crippen molar-refractivity contribution in [2.45, 2.75) is 18.8 Å². The minimum atomic E-state index is 0.517. The summed E-state index contributed by atoms with van der Waals surface area (Å²) in [6, 6.07) is 10.1. The van der Waals surface area contributed by atoms with E-state index in [1.54, 1.807) is 0 Å². The van der Waals surface area contributed by atoms with Gasteiger partial charge in [0.15, 0.2) is 5.82 Å². The molecule has 0 bridgehead atoms. The highest BCUT2D eigenvalue weighted by atomic mass is 15.3. The molecule has 5 nitrogen and oxygen atoms in total. The monoisotopic (exact) mass is 265 g/mol. The van der Waals surface area contributed by atoms with Crippen molar-refractivity contribution in [1.82, 2.24) is 19.7 Å². The Morgan fingerprint density at radius 2 is 2.05 bits per heavy atom. The van der Waals surface area contributed by atoms with Gasteiger partial charge in [0.05, 0.1) is 11.7 Å². The molecule has 1 N–H and O–H groups in total. The maximum Gasteiger partial charge on any atom is 0.159 e. The highest BCUT2D eigenvalue weighted by molar-refractivity contribution is 5.79. The Labute approximate surface area is 116 Å². The van der Waals surface area contributed by atoms with E-state index in [1.807, 2.05) is 36.1 Å². The smallest absolute Gasteiger partial charge is 0.159 e. The number of nitrogens with one attached hydrogen (secondary N) is 1. The van der Waals surface area contributed by atoms with Crippen molar-refractivity contribution in [3.8, 4) is 5.82 Å². The topological polar surface area (TPSA) is 55.6 Å². The van der Waals surface area contributed by atoms with Crippen LogP contribution in [0.4, 0.5) is 5.82 Å². The summed E-state index contributed by atoms with van der Waals surface area (Å²) in [5.74, 6) is 3.11. The Hall–Kier alpha value is -2.43. The third kappa shape index (κ3) is 1.82. The van der Waals surface area contributed by atoms with Crippen LogP contribution in [0.1, 0.15) is 24.6 Å². The van der Waals surface area contributed by atoms with Crippen LogP contribution in [0, 0.1) is 0 Å². The maximum absolute atomic E-state index is 4.69. The maximum atomic E-state index is 4.69. The Bertz CT molecular complexity index is 773. The molecule has 4 rings (SSSR count). The summed E-state index contributed by atoms with van der Waals surface area (Å²) in [7, 11) is 1.88. The van der Waals surface area contributed by atoms with Gasteiger partial charge in [-0.1, -0.05) is 18.2 Å². The van der Waals surface area contributed by atoms with Crippen LogP contribution in [-0.2, 0) is 0 Å². The lowest BCUT2D eigenvalue weighted by molar-refractivity contribution is 0.830. The van der Waals surface area contributed by atoms with Gasteiger partial charge < -0.3 is 5.32 Å². The molecule has 20 heavy (non-hydrogen) atoms. The molecule has 1 aromatic carbocycles. The number of hydrogen-bond acceptors (Lipinski definition) is 4. The average Bonchev–Trinajstić information content (AvgIpc) is 3.26. The molecule has 1 aliphatic carbocycles. The fourth-order valence-corrected chi connectivity index (χ4v) is 2.37. The van der Waals surface area contributed by atoms with Gasteiger partial charge in [0.25, 0.3) is 0 Å². The van der Waals surface area contributed by atoms with Gasteiger partial charge in [-0.15, -0.1) is 0 Å². The molecule has 5 heteroatoms. The molecule has 100 valence electrons. The molecule has 0 atom stereocenters. The summed E-state index contributed by atoms with van der Waals surface area (Å²) in [6.07, 6.45) is 4.24. The molecule has 0 saturated heterocycles. The van der Waals surface area contributed by atoms with Crippen LogP contribution < -0.4 is 5.32 Å². The number of anilines is 1. The summed E-state index contributed by atoms with van der Waals surface area (Å²) >= 11 is 0. The third-order valence-electron chi connectivity index (χ3n) is 3.62. The van der Waals surface area contributed by atoms with Crippen molar-refractivity contribution >= 4 is 16.7 Å². The third-order valence-corrected chi connectivity index (χ3v) is 3.62. The minimum Gasteiger partial charge on any atom is -0.373 e. The van der Waals surface area contributed by atoms with Crippen LogP contribution in [0.2, 0.25) is 0 Å². The zero-order valence-electron chi connectivity index (χ0n) is 11.2. The first-order valence-corrected chi connectivity index (χ1v) is 6.85. The van der Waals surface area contributed by atoms with Crippen molar-refractivity contribution < 1.29 is 0 Å². The Kier molecular flexibility index (Phi) is 2.45. The second-order valence-corrected chi connectivity index (χ2v) is 5.11. The zero-order chi connectivity index (χ0) is 13.5. The van der Waals surface area contributed by atoms with Crippen molar-refractivity contribution in [3.05, 3.63) is 42.4 Å². The average molecular weight is 265 g/mol. The predicted molar refractivity (Wildman–Crippen MR) is 78.2 cm³/mol. The first-order chi connectivity index (χ1) is 9.85. The van der Waals surface area contributed by atoms with Gasteiger partial charge in [-0.25, -0.2) is 14.6 Å². The molecule has 2 aromatic heterocycles. The van der Waals surface area contributed by atoms with Gasteiger partial charge in [-0.3, -0.25) is 0 Å². The van der Waals surface area contributed by atoms with Crippen molar-refractivity contribution in [3.63, 3.8) is 0 Å². The van der Waals surface area contributed by atoms with Crippen LogP contribution in [0.25, 0.3) is 16.7 Å². The highest BCUT2D eigenvalue weighted by Crippen LogP contribution is 2.38. The second-order valence-electron chi connectivity index (χ2n) is 5.11. The van der Waals surface area contributed by atoms with Crippen molar-refractivity contribution in [1.29, 1.82) is 0 Å². The molecule has 0 radical (unpaired) electrons. The summed E-state index contributed by atoms with van der Waals surface area (Å²) in [5.41, 5.74) is 1.06. The van der Waals surface area contributed by atoms with E-state index < -0.39 is 0 Å². The summed E-state index contributed by atoms with van der Waals surface area (Å²) < 4.78 is 1.88. The Balaban J connectivity index is 1.90. The van der Waals surface area contributed by atoms with Crippen LogP contribution in [0.5, 0.6) is 0 Å². The SMILES string of the molecule is CNc1cc(-n2ncc3ccccc32)nc(C2CC2)n1. The van der Waals surface area contributed by atoms with E-state index in [-0.39, 0.29) is 0 Å². The molecule has 3 aromatic rings. The molecule has 0 aliphatic heterocycles. The minimum absolute atomic E-state index is 0.517. The van der Waals surface area contributed by atoms with Crippen LogP contribution in [-0.4, -0.2) is 26.8 Å². The van der Waals surface area contributed by atoms with E-state index in [9.17, 15) is 0 Å². The molecule has 0 unspecified atom stereocenters. The van der Waals surface area contributed by atoms with Crippen LogP contribution in [0.3, 0.4) is 0 Å². The number of aromatic nitrogens is 4. The molecular weight excluding hydrogens is 250 g/mol. The van der Waals surface area contributed by atoms with Gasteiger partial charge >= 0.3 is 0 Å². The molecule has 1 aliphatic rings. The standard InChI is InChI=1S/C15H15N5/c1-16-13-8-14(19-15(18-13)10-6-7-10)20-12-5-3-2-4-11(12)9-17-20/h2-5,8-10H,6-7H2,1H3,(H,16,18,19). The lowest BCUT2D eigenvalue weighted by Gasteiger charge is -2.08. The van der Waals surface area contributed by atoms with E-state index >= 15 is 0 Å². The summed E-state index contributed by atoms with van der Waals surface area (Å²) in [6.45, 7) is 0. The molecule has 2 heterocycles.